The van der Waals surface area contributed by atoms with E-state index in [2.05, 4.69) is 0 Å². The predicted molar refractivity (Wildman–Crippen MR) is 93.6 cm³/mol. The van der Waals surface area contributed by atoms with Crippen molar-refractivity contribution in [2.45, 2.75) is 20.5 Å². The average Bonchev–Trinajstić information content (AvgIpc) is 2.57. The molecule has 132 valence electrons. The average molecular weight is 363 g/mol. The van der Waals surface area contributed by atoms with Crippen LogP contribution in [0.25, 0.3) is 0 Å². The Morgan fingerprint density at radius 1 is 1.08 bits per heavy atom. The first-order valence-corrected chi connectivity index (χ1v) is 8.34. The van der Waals surface area contributed by atoms with Gasteiger partial charge in [-0.1, -0.05) is 17.7 Å². The predicted octanol–water partition coefficient (Wildman–Crippen LogP) is 3.85. The molecule has 0 saturated heterocycles. The van der Waals surface area contributed by atoms with Crippen molar-refractivity contribution in [3.05, 3.63) is 52.0 Å². The summed E-state index contributed by atoms with van der Waals surface area (Å²) < 4.78 is 21.7. The highest BCUT2D eigenvalue weighted by Crippen LogP contribution is 2.38. The number of hydrogen-bond donors (Lipinski definition) is 0. The van der Waals surface area contributed by atoms with E-state index < -0.39 is 5.97 Å². The summed E-state index contributed by atoms with van der Waals surface area (Å²) >= 11 is 6.16. The fourth-order valence-electron chi connectivity index (χ4n) is 2.61. The first-order chi connectivity index (χ1) is 12.0. The highest BCUT2D eigenvalue weighted by molar-refractivity contribution is 6.32. The summed E-state index contributed by atoms with van der Waals surface area (Å²) in [5.74, 6) is 1.29. The molecule has 0 radical (unpaired) electrons. The van der Waals surface area contributed by atoms with Gasteiger partial charge >= 0.3 is 5.97 Å². The minimum atomic E-state index is -0.454. The van der Waals surface area contributed by atoms with Gasteiger partial charge in [-0.05, 0) is 54.8 Å². The minimum Gasteiger partial charge on any atom is -0.486 e. The quantitative estimate of drug-likeness (QED) is 0.756. The lowest BCUT2D eigenvalue weighted by Gasteiger charge is -2.20. The largest absolute Gasteiger partial charge is 0.486 e. The molecule has 1 heterocycles. The molecule has 0 aliphatic carbocycles. The fraction of sp³-hybridized carbons (Fsp3) is 0.316. The monoisotopic (exact) mass is 362 g/mol. The van der Waals surface area contributed by atoms with E-state index >= 15 is 0 Å². The van der Waals surface area contributed by atoms with E-state index in [1.807, 2.05) is 32.0 Å². The fourth-order valence-corrected chi connectivity index (χ4v) is 2.90. The first-order valence-electron chi connectivity index (χ1n) is 7.96. The molecule has 0 fully saturated rings. The van der Waals surface area contributed by atoms with Gasteiger partial charge in [0, 0.05) is 0 Å². The van der Waals surface area contributed by atoms with E-state index in [-0.39, 0.29) is 13.2 Å². The van der Waals surface area contributed by atoms with E-state index in [9.17, 15) is 4.79 Å². The van der Waals surface area contributed by atoms with Crippen LogP contribution in [0.5, 0.6) is 17.2 Å². The van der Waals surface area contributed by atoms with Crippen LogP contribution in [0.1, 0.15) is 16.7 Å². The van der Waals surface area contributed by atoms with E-state index in [0.717, 1.165) is 16.7 Å². The molecule has 1 aliphatic rings. The Hall–Kier alpha value is -2.40. The number of rotatable bonds is 5. The Labute approximate surface area is 151 Å². The maximum absolute atomic E-state index is 11.9. The summed E-state index contributed by atoms with van der Waals surface area (Å²) in [6.45, 7) is 4.83. The van der Waals surface area contributed by atoms with Crippen LogP contribution >= 0.6 is 11.6 Å². The number of esters is 1. The molecule has 2 aromatic carbocycles. The van der Waals surface area contributed by atoms with Crippen LogP contribution in [-0.4, -0.2) is 25.8 Å². The smallest absolute Gasteiger partial charge is 0.344 e. The minimum absolute atomic E-state index is 0.0887. The lowest BCUT2D eigenvalue weighted by Crippen LogP contribution is -2.17. The molecule has 6 heteroatoms. The normalized spacial score (nSPS) is 12.6. The van der Waals surface area contributed by atoms with Crippen LogP contribution in [0.3, 0.4) is 0 Å². The van der Waals surface area contributed by atoms with Gasteiger partial charge in [0.2, 0.25) is 0 Å². The van der Waals surface area contributed by atoms with Crippen LogP contribution in [0.2, 0.25) is 5.02 Å². The van der Waals surface area contributed by atoms with Gasteiger partial charge in [-0.2, -0.15) is 0 Å². The molecule has 0 spiro atoms. The number of halogens is 1. The third kappa shape index (κ3) is 4.57. The van der Waals surface area contributed by atoms with Crippen molar-refractivity contribution in [3.8, 4) is 17.2 Å². The summed E-state index contributed by atoms with van der Waals surface area (Å²) in [6, 6.07) is 9.25. The molecule has 0 bridgehead atoms. The van der Waals surface area contributed by atoms with Crippen LogP contribution in [-0.2, 0) is 16.1 Å². The second kappa shape index (κ2) is 7.66. The Morgan fingerprint density at radius 3 is 2.56 bits per heavy atom. The highest BCUT2D eigenvalue weighted by Gasteiger charge is 2.17. The molecule has 0 unspecified atom stereocenters. The number of benzene rings is 2. The molecule has 0 atom stereocenters. The zero-order chi connectivity index (χ0) is 17.8. The Morgan fingerprint density at radius 2 is 1.80 bits per heavy atom. The molecular formula is C19H19ClO5. The lowest BCUT2D eigenvalue weighted by molar-refractivity contribution is -0.147. The Kier molecular flexibility index (Phi) is 5.34. The van der Waals surface area contributed by atoms with Crippen molar-refractivity contribution in [3.63, 3.8) is 0 Å². The number of carbonyl (C=O) groups excluding carboxylic acids is 1. The summed E-state index contributed by atoms with van der Waals surface area (Å²) in [5, 5.41) is 0.440. The van der Waals surface area contributed by atoms with E-state index in [4.69, 9.17) is 30.5 Å². The van der Waals surface area contributed by atoms with Crippen LogP contribution in [0, 0.1) is 13.8 Å². The molecule has 2 aromatic rings. The van der Waals surface area contributed by atoms with Crippen molar-refractivity contribution in [1.29, 1.82) is 0 Å². The van der Waals surface area contributed by atoms with Gasteiger partial charge in [0.1, 0.15) is 25.6 Å². The molecule has 0 N–H and O–H groups in total. The highest BCUT2D eigenvalue weighted by atomic mass is 35.5. The molecule has 0 aromatic heterocycles. The summed E-state index contributed by atoms with van der Waals surface area (Å²) in [6.07, 6.45) is 0. The third-order valence-corrected chi connectivity index (χ3v) is 3.89. The van der Waals surface area contributed by atoms with Crippen molar-refractivity contribution in [2.75, 3.05) is 19.8 Å². The molecule has 5 nitrogen and oxygen atoms in total. The second-order valence-electron chi connectivity index (χ2n) is 5.87. The molecule has 1 aliphatic heterocycles. The zero-order valence-corrected chi connectivity index (χ0v) is 14.9. The number of aryl methyl sites for hydroxylation is 2. The van der Waals surface area contributed by atoms with Crippen molar-refractivity contribution in [1.82, 2.24) is 0 Å². The topological polar surface area (TPSA) is 54.0 Å². The maximum Gasteiger partial charge on any atom is 0.344 e. The lowest BCUT2D eigenvalue weighted by atomic mass is 10.1. The van der Waals surface area contributed by atoms with Crippen molar-refractivity contribution >= 4 is 17.6 Å². The molecule has 3 rings (SSSR count). The van der Waals surface area contributed by atoms with Gasteiger partial charge in [-0.3, -0.25) is 0 Å². The third-order valence-electron chi connectivity index (χ3n) is 3.61. The van der Waals surface area contributed by atoms with Gasteiger partial charge in [0.15, 0.2) is 18.1 Å². The van der Waals surface area contributed by atoms with Crippen molar-refractivity contribution in [2.24, 2.45) is 0 Å². The van der Waals surface area contributed by atoms with Crippen LogP contribution in [0.4, 0.5) is 0 Å². The number of hydrogen-bond acceptors (Lipinski definition) is 5. The summed E-state index contributed by atoms with van der Waals surface area (Å²) in [7, 11) is 0. The van der Waals surface area contributed by atoms with Gasteiger partial charge in [-0.25, -0.2) is 4.79 Å². The van der Waals surface area contributed by atoms with Crippen LogP contribution < -0.4 is 14.2 Å². The van der Waals surface area contributed by atoms with Crippen molar-refractivity contribution < 1.29 is 23.7 Å². The number of carbonyl (C=O) groups is 1. The zero-order valence-electron chi connectivity index (χ0n) is 14.1. The van der Waals surface area contributed by atoms with Gasteiger partial charge in [0.05, 0.1) is 5.02 Å². The first kappa shape index (κ1) is 17.4. The number of ether oxygens (including phenoxy) is 4. The van der Waals surface area contributed by atoms with E-state index in [1.165, 1.54) is 0 Å². The molecule has 0 amide bonds. The van der Waals surface area contributed by atoms with Gasteiger partial charge in [-0.15, -0.1) is 0 Å². The number of fused-ring (bicyclic) bond motifs is 1. The van der Waals surface area contributed by atoms with E-state index in [1.54, 1.807) is 12.1 Å². The standard InChI is InChI=1S/C19H19ClO5/c1-12-5-13(2)7-15(6-12)24-11-18(21)25-10-14-8-16(20)19-17(9-14)22-3-4-23-19/h5-9H,3-4,10-11H2,1-2H3. The molecule has 25 heavy (non-hydrogen) atoms. The van der Waals surface area contributed by atoms with Gasteiger partial charge in [0.25, 0.3) is 0 Å². The second-order valence-corrected chi connectivity index (χ2v) is 6.28. The molecule has 0 saturated carbocycles. The maximum atomic E-state index is 11.9. The van der Waals surface area contributed by atoms with E-state index in [0.29, 0.717) is 35.5 Å². The Balaban J connectivity index is 1.54. The summed E-state index contributed by atoms with van der Waals surface area (Å²) in [4.78, 5) is 11.9. The Bertz CT molecular complexity index is 767. The van der Waals surface area contributed by atoms with Crippen LogP contribution in [0.15, 0.2) is 30.3 Å². The SMILES string of the molecule is Cc1cc(C)cc(OCC(=O)OCc2cc(Cl)c3c(c2)OCCO3)c1. The summed E-state index contributed by atoms with van der Waals surface area (Å²) in [5.41, 5.74) is 2.89. The molecular weight excluding hydrogens is 344 g/mol. The van der Waals surface area contributed by atoms with Gasteiger partial charge < -0.3 is 18.9 Å².